The van der Waals surface area contributed by atoms with Crippen LogP contribution in [-0.2, 0) is 9.53 Å². The van der Waals surface area contributed by atoms with Crippen molar-refractivity contribution in [2.75, 3.05) is 6.61 Å². The summed E-state index contributed by atoms with van der Waals surface area (Å²) in [5, 5.41) is 13.8. The number of hydrogen-bond donors (Lipinski definition) is 1. The number of non-ortho nitro benzene ring substituents is 1. The molecule has 3 rings (SSSR count). The minimum absolute atomic E-state index is 0.0930. The van der Waals surface area contributed by atoms with Crippen LogP contribution in [0.3, 0.4) is 0 Å². The van der Waals surface area contributed by atoms with E-state index in [1.807, 2.05) is 0 Å². The van der Waals surface area contributed by atoms with Crippen molar-refractivity contribution < 1.29 is 19.2 Å². The van der Waals surface area contributed by atoms with E-state index in [9.17, 15) is 19.7 Å². The van der Waals surface area contributed by atoms with E-state index in [4.69, 9.17) is 4.74 Å². The number of carbonyl (C=O) groups excluding carboxylic acids is 2. The van der Waals surface area contributed by atoms with Crippen molar-refractivity contribution in [2.45, 2.75) is 38.8 Å². The average Bonchev–Trinajstić information content (AvgIpc) is 3.39. The van der Waals surface area contributed by atoms with Crippen molar-refractivity contribution in [1.29, 1.82) is 0 Å². The summed E-state index contributed by atoms with van der Waals surface area (Å²) in [6.45, 7) is 3.62. The largest absolute Gasteiger partial charge is 0.463 e. The molecule has 132 valence electrons. The molecule has 1 aliphatic carbocycles. The van der Waals surface area contributed by atoms with Crippen LogP contribution in [0.15, 0.2) is 35.5 Å². The zero-order valence-electron chi connectivity index (χ0n) is 14.0. The van der Waals surface area contributed by atoms with Crippen LogP contribution in [0.25, 0.3) is 0 Å². The molecule has 0 saturated heterocycles. The Morgan fingerprint density at radius 2 is 2.16 bits per heavy atom. The fourth-order valence-electron chi connectivity index (χ4n) is 3.07. The second kappa shape index (κ2) is 6.54. The predicted octanol–water partition coefficient (Wildman–Crippen LogP) is 2.66. The Balaban J connectivity index is 2.07. The maximum absolute atomic E-state index is 12.5. The lowest BCUT2D eigenvalue weighted by molar-refractivity contribution is -0.384. The van der Waals surface area contributed by atoms with E-state index in [2.05, 4.69) is 5.32 Å². The number of nitrogens with one attached hydrogen (secondary N) is 1. The standard InChI is InChI=1S/C17H19N3O5/c1-3-25-16(21)14-10(2)19(12-7-8-12)17(22)18-15(14)11-5-4-6-13(9-11)20(23)24/h4-6,9,12,15H,3,7-8H2,1-2H3,(H,18,22)/t15-/m0/s1. The molecule has 8 nitrogen and oxygen atoms in total. The van der Waals surface area contributed by atoms with Crippen molar-refractivity contribution >= 4 is 17.7 Å². The monoisotopic (exact) mass is 345 g/mol. The number of urea groups is 1. The summed E-state index contributed by atoms with van der Waals surface area (Å²) < 4.78 is 5.16. The van der Waals surface area contributed by atoms with Gasteiger partial charge in [0.15, 0.2) is 0 Å². The summed E-state index contributed by atoms with van der Waals surface area (Å²) in [7, 11) is 0. The van der Waals surface area contributed by atoms with Gasteiger partial charge in [-0.25, -0.2) is 9.59 Å². The van der Waals surface area contributed by atoms with E-state index >= 15 is 0 Å². The minimum atomic E-state index is -0.776. The zero-order valence-corrected chi connectivity index (χ0v) is 14.0. The number of allylic oxidation sites excluding steroid dienone is 1. The van der Waals surface area contributed by atoms with E-state index in [1.165, 1.54) is 18.2 Å². The molecule has 0 spiro atoms. The summed E-state index contributed by atoms with van der Waals surface area (Å²) in [6.07, 6.45) is 1.78. The fraction of sp³-hybridized carbons (Fsp3) is 0.412. The van der Waals surface area contributed by atoms with Crippen LogP contribution in [0.1, 0.15) is 38.3 Å². The van der Waals surface area contributed by atoms with Crippen molar-refractivity contribution in [3.8, 4) is 0 Å². The van der Waals surface area contributed by atoms with Gasteiger partial charge in [0.05, 0.1) is 23.1 Å². The number of ether oxygens (including phenoxy) is 1. The summed E-state index contributed by atoms with van der Waals surface area (Å²) >= 11 is 0. The first kappa shape index (κ1) is 16.9. The summed E-state index contributed by atoms with van der Waals surface area (Å²) in [5.74, 6) is -0.526. The van der Waals surface area contributed by atoms with Crippen LogP contribution >= 0.6 is 0 Å². The van der Waals surface area contributed by atoms with Gasteiger partial charge in [-0.1, -0.05) is 12.1 Å². The number of rotatable bonds is 5. The van der Waals surface area contributed by atoms with Crippen LogP contribution in [0.5, 0.6) is 0 Å². The molecule has 1 saturated carbocycles. The molecule has 1 fully saturated rings. The van der Waals surface area contributed by atoms with E-state index in [1.54, 1.807) is 24.8 Å². The average molecular weight is 345 g/mol. The number of nitro groups is 1. The van der Waals surface area contributed by atoms with Gasteiger partial charge in [0, 0.05) is 23.9 Å². The maximum Gasteiger partial charge on any atom is 0.338 e. The first-order valence-electron chi connectivity index (χ1n) is 8.16. The molecule has 25 heavy (non-hydrogen) atoms. The van der Waals surface area contributed by atoms with Crippen LogP contribution < -0.4 is 5.32 Å². The van der Waals surface area contributed by atoms with Gasteiger partial charge < -0.3 is 10.1 Å². The summed E-state index contributed by atoms with van der Waals surface area (Å²) in [6, 6.07) is 4.93. The first-order valence-corrected chi connectivity index (χ1v) is 8.16. The molecule has 1 aliphatic heterocycles. The van der Waals surface area contributed by atoms with Gasteiger partial charge in [-0.15, -0.1) is 0 Å². The maximum atomic E-state index is 12.5. The number of nitrogens with zero attached hydrogens (tertiary/aromatic N) is 2. The fourth-order valence-corrected chi connectivity index (χ4v) is 3.07. The molecular formula is C17H19N3O5. The van der Waals surface area contributed by atoms with Gasteiger partial charge in [-0.05, 0) is 32.3 Å². The Morgan fingerprint density at radius 1 is 1.44 bits per heavy atom. The van der Waals surface area contributed by atoms with Crippen molar-refractivity contribution in [2.24, 2.45) is 0 Å². The Bertz CT molecular complexity index is 769. The SMILES string of the molecule is CCOC(=O)C1=C(C)N(C2CC2)C(=O)N[C@H]1c1cccc([N+](=O)[O-])c1. The van der Waals surface area contributed by atoms with Crippen molar-refractivity contribution in [3.63, 3.8) is 0 Å². The first-order chi connectivity index (χ1) is 11.9. The summed E-state index contributed by atoms with van der Waals surface area (Å²) in [4.78, 5) is 37.1. The van der Waals surface area contributed by atoms with Gasteiger partial charge >= 0.3 is 12.0 Å². The second-order valence-electron chi connectivity index (χ2n) is 6.06. The topological polar surface area (TPSA) is 102 Å². The molecule has 0 aromatic heterocycles. The number of carbonyl (C=O) groups is 2. The van der Waals surface area contributed by atoms with Crippen LogP contribution in [0, 0.1) is 10.1 Å². The molecule has 8 heteroatoms. The van der Waals surface area contributed by atoms with Crippen molar-refractivity contribution in [3.05, 3.63) is 51.2 Å². The molecule has 0 unspecified atom stereocenters. The molecule has 1 aromatic carbocycles. The lowest BCUT2D eigenvalue weighted by Gasteiger charge is -2.35. The normalized spacial score (nSPS) is 20.3. The molecule has 1 aromatic rings. The third-order valence-corrected chi connectivity index (χ3v) is 4.35. The van der Waals surface area contributed by atoms with E-state index in [0.29, 0.717) is 16.8 Å². The quantitative estimate of drug-likeness (QED) is 0.502. The number of nitro benzene ring substituents is 1. The van der Waals surface area contributed by atoms with E-state index in [-0.39, 0.29) is 24.4 Å². The molecule has 2 amide bonds. The van der Waals surface area contributed by atoms with E-state index < -0.39 is 16.9 Å². The molecule has 0 bridgehead atoms. The molecular weight excluding hydrogens is 326 g/mol. The Morgan fingerprint density at radius 3 is 2.76 bits per heavy atom. The Labute approximate surface area is 144 Å². The third kappa shape index (κ3) is 3.19. The summed E-state index contributed by atoms with van der Waals surface area (Å²) in [5.41, 5.74) is 1.23. The minimum Gasteiger partial charge on any atom is -0.463 e. The predicted molar refractivity (Wildman–Crippen MR) is 88.6 cm³/mol. The number of hydrogen-bond acceptors (Lipinski definition) is 5. The van der Waals surface area contributed by atoms with Crippen LogP contribution in [0.4, 0.5) is 10.5 Å². The highest BCUT2D eigenvalue weighted by Crippen LogP contribution is 2.38. The highest BCUT2D eigenvalue weighted by molar-refractivity contribution is 5.95. The highest BCUT2D eigenvalue weighted by Gasteiger charge is 2.42. The lowest BCUT2D eigenvalue weighted by atomic mass is 9.94. The van der Waals surface area contributed by atoms with Crippen molar-refractivity contribution in [1.82, 2.24) is 10.2 Å². The molecule has 1 N–H and O–H groups in total. The van der Waals surface area contributed by atoms with Gasteiger partial charge in [0.1, 0.15) is 0 Å². The van der Waals surface area contributed by atoms with Crippen LogP contribution in [0.2, 0.25) is 0 Å². The molecule has 1 heterocycles. The smallest absolute Gasteiger partial charge is 0.338 e. The molecule has 1 atom stereocenters. The molecule has 2 aliphatic rings. The lowest BCUT2D eigenvalue weighted by Crippen LogP contribution is -2.48. The Kier molecular flexibility index (Phi) is 4.43. The van der Waals surface area contributed by atoms with E-state index in [0.717, 1.165) is 12.8 Å². The number of benzene rings is 1. The van der Waals surface area contributed by atoms with Gasteiger partial charge in [-0.2, -0.15) is 0 Å². The van der Waals surface area contributed by atoms with Crippen LogP contribution in [-0.4, -0.2) is 34.5 Å². The number of esters is 1. The molecule has 0 radical (unpaired) electrons. The van der Waals surface area contributed by atoms with Gasteiger partial charge in [0.2, 0.25) is 0 Å². The highest BCUT2D eigenvalue weighted by atomic mass is 16.6. The second-order valence-corrected chi connectivity index (χ2v) is 6.06. The van der Waals surface area contributed by atoms with Gasteiger partial charge in [-0.3, -0.25) is 15.0 Å². The Hall–Kier alpha value is -2.90. The number of amides is 2. The third-order valence-electron chi connectivity index (χ3n) is 4.35. The zero-order chi connectivity index (χ0) is 18.1. The van der Waals surface area contributed by atoms with Gasteiger partial charge in [0.25, 0.3) is 5.69 Å².